The maximum absolute atomic E-state index is 12.8. The summed E-state index contributed by atoms with van der Waals surface area (Å²) in [7, 11) is 0. The number of pyridine rings is 2. The van der Waals surface area contributed by atoms with Gasteiger partial charge in [-0.1, -0.05) is 6.92 Å². The Kier molecular flexibility index (Phi) is 7.79. The smallest absolute Gasteiger partial charge is 0.319 e. The molecule has 3 N–H and O–H groups in total. The molecule has 0 saturated carbocycles. The van der Waals surface area contributed by atoms with Crippen molar-refractivity contribution >= 4 is 35.1 Å². The molecule has 0 fully saturated rings. The molecule has 0 radical (unpaired) electrons. The minimum atomic E-state index is -0.250. The Labute approximate surface area is 179 Å². The molecule has 0 unspecified atom stereocenters. The van der Waals surface area contributed by atoms with Crippen LogP contribution in [0.25, 0.3) is 0 Å². The lowest BCUT2D eigenvalue weighted by Crippen LogP contribution is -2.29. The van der Waals surface area contributed by atoms with Gasteiger partial charge in [-0.25, -0.2) is 9.78 Å². The molecule has 3 aromatic rings. The van der Waals surface area contributed by atoms with Crippen LogP contribution in [0.2, 0.25) is 0 Å². The molecule has 0 bridgehead atoms. The fourth-order valence-electron chi connectivity index (χ4n) is 2.56. The molecule has 8 heteroatoms. The lowest BCUT2D eigenvalue weighted by Gasteiger charge is -2.10. The van der Waals surface area contributed by atoms with Gasteiger partial charge in [0.05, 0.1) is 5.56 Å². The molecule has 154 valence electrons. The molecule has 30 heavy (non-hydrogen) atoms. The van der Waals surface area contributed by atoms with Gasteiger partial charge in [0.15, 0.2) is 0 Å². The number of hydrogen-bond donors (Lipinski definition) is 3. The summed E-state index contributed by atoms with van der Waals surface area (Å²) in [6.07, 6.45) is 6.03. The first-order valence-electron chi connectivity index (χ1n) is 9.58. The molecule has 7 nitrogen and oxygen atoms in total. The van der Waals surface area contributed by atoms with Gasteiger partial charge in [0.2, 0.25) is 0 Å². The van der Waals surface area contributed by atoms with Gasteiger partial charge in [0.25, 0.3) is 5.91 Å². The maximum Gasteiger partial charge on any atom is 0.319 e. The van der Waals surface area contributed by atoms with Gasteiger partial charge in [-0.3, -0.25) is 9.78 Å². The second kappa shape index (κ2) is 11.0. The molecule has 0 aliphatic heterocycles. The number of rotatable bonds is 8. The Morgan fingerprint density at radius 1 is 0.933 bits per heavy atom. The zero-order chi connectivity index (χ0) is 21.2. The van der Waals surface area contributed by atoms with Gasteiger partial charge >= 0.3 is 6.03 Å². The molecule has 0 aliphatic carbocycles. The summed E-state index contributed by atoms with van der Waals surface area (Å²) in [6, 6.07) is 14.1. The average molecular weight is 422 g/mol. The molecular weight excluding hydrogens is 398 g/mol. The van der Waals surface area contributed by atoms with Gasteiger partial charge in [0.1, 0.15) is 5.03 Å². The Balaban J connectivity index is 1.61. The highest BCUT2D eigenvalue weighted by Gasteiger charge is 2.13. The fraction of sp³-hybridized carbons (Fsp3) is 0.182. The van der Waals surface area contributed by atoms with Crippen LogP contribution >= 0.6 is 11.8 Å². The Bertz CT molecular complexity index is 980. The lowest BCUT2D eigenvalue weighted by molar-refractivity contribution is 0.102. The number of anilines is 2. The van der Waals surface area contributed by atoms with E-state index in [2.05, 4.69) is 25.9 Å². The van der Waals surface area contributed by atoms with E-state index in [0.717, 1.165) is 12.0 Å². The highest BCUT2D eigenvalue weighted by atomic mass is 32.2. The topological polar surface area (TPSA) is 96.0 Å². The molecule has 0 spiro atoms. The summed E-state index contributed by atoms with van der Waals surface area (Å²) < 4.78 is 0. The highest BCUT2D eigenvalue weighted by molar-refractivity contribution is 7.98. The van der Waals surface area contributed by atoms with Crippen LogP contribution in [0.3, 0.4) is 0 Å². The second-order valence-electron chi connectivity index (χ2n) is 6.41. The Morgan fingerprint density at radius 3 is 2.33 bits per heavy atom. The van der Waals surface area contributed by atoms with E-state index in [0.29, 0.717) is 34.3 Å². The van der Waals surface area contributed by atoms with Crippen molar-refractivity contribution < 1.29 is 9.59 Å². The quantitative estimate of drug-likeness (QED) is 0.464. The van der Waals surface area contributed by atoms with Gasteiger partial charge in [-0.05, 0) is 60.5 Å². The number of thioether (sulfide) groups is 1. The summed E-state index contributed by atoms with van der Waals surface area (Å²) in [4.78, 5) is 32.9. The van der Waals surface area contributed by atoms with Crippen LogP contribution in [-0.4, -0.2) is 28.5 Å². The SMILES string of the molecule is CCCNC(=O)Nc1ccc(NC(=O)c2cccnc2SCc2ccncc2)cc1. The van der Waals surface area contributed by atoms with Crippen molar-refractivity contribution in [3.8, 4) is 0 Å². The van der Waals surface area contributed by atoms with Crippen LogP contribution in [0.4, 0.5) is 16.2 Å². The summed E-state index contributed by atoms with van der Waals surface area (Å²) in [5.41, 5.74) is 2.90. The van der Waals surface area contributed by atoms with E-state index in [1.165, 1.54) is 11.8 Å². The minimum absolute atomic E-state index is 0.235. The minimum Gasteiger partial charge on any atom is -0.338 e. The first-order valence-corrected chi connectivity index (χ1v) is 10.6. The van der Waals surface area contributed by atoms with Crippen molar-refractivity contribution in [1.82, 2.24) is 15.3 Å². The number of carbonyl (C=O) groups is 2. The van der Waals surface area contributed by atoms with Crippen LogP contribution in [0.15, 0.2) is 72.1 Å². The third kappa shape index (κ3) is 6.31. The monoisotopic (exact) mass is 421 g/mol. The number of nitrogens with one attached hydrogen (secondary N) is 3. The molecule has 0 aliphatic rings. The molecule has 3 rings (SSSR count). The molecule has 2 aromatic heterocycles. The number of nitrogens with zero attached hydrogens (tertiary/aromatic N) is 2. The molecule has 0 saturated heterocycles. The molecular formula is C22H23N5O2S. The highest BCUT2D eigenvalue weighted by Crippen LogP contribution is 2.25. The van der Waals surface area contributed by atoms with E-state index in [4.69, 9.17) is 0 Å². The van der Waals surface area contributed by atoms with Crippen LogP contribution in [-0.2, 0) is 5.75 Å². The molecule has 0 atom stereocenters. The van der Waals surface area contributed by atoms with E-state index in [-0.39, 0.29) is 11.9 Å². The van der Waals surface area contributed by atoms with Gasteiger partial charge in [-0.15, -0.1) is 11.8 Å². The lowest BCUT2D eigenvalue weighted by atomic mass is 10.2. The van der Waals surface area contributed by atoms with Gasteiger partial charge in [0, 0.05) is 42.3 Å². The molecule has 2 heterocycles. The summed E-state index contributed by atoms with van der Waals surface area (Å²) in [5.74, 6) is 0.460. The largest absolute Gasteiger partial charge is 0.338 e. The van der Waals surface area contributed by atoms with Gasteiger partial charge < -0.3 is 16.0 Å². The summed E-state index contributed by atoms with van der Waals surface area (Å²) in [6.45, 7) is 2.61. The van der Waals surface area contributed by atoms with E-state index in [1.807, 2.05) is 19.1 Å². The zero-order valence-electron chi connectivity index (χ0n) is 16.6. The van der Waals surface area contributed by atoms with E-state index >= 15 is 0 Å². The van der Waals surface area contributed by atoms with Crippen molar-refractivity contribution in [3.05, 3.63) is 78.2 Å². The van der Waals surface area contributed by atoms with E-state index < -0.39 is 0 Å². The summed E-state index contributed by atoms with van der Waals surface area (Å²) >= 11 is 1.50. The van der Waals surface area contributed by atoms with E-state index in [1.54, 1.807) is 55.0 Å². The van der Waals surface area contributed by atoms with Crippen molar-refractivity contribution in [1.29, 1.82) is 0 Å². The second-order valence-corrected chi connectivity index (χ2v) is 7.38. The first kappa shape index (κ1) is 21.3. The first-order chi connectivity index (χ1) is 14.7. The van der Waals surface area contributed by atoms with Crippen LogP contribution < -0.4 is 16.0 Å². The third-order valence-corrected chi connectivity index (χ3v) is 5.15. The van der Waals surface area contributed by atoms with Crippen LogP contribution in [0.5, 0.6) is 0 Å². The van der Waals surface area contributed by atoms with E-state index in [9.17, 15) is 9.59 Å². The van der Waals surface area contributed by atoms with Gasteiger partial charge in [-0.2, -0.15) is 0 Å². The molecule has 1 aromatic carbocycles. The normalized spacial score (nSPS) is 10.3. The number of amides is 3. The predicted molar refractivity (Wildman–Crippen MR) is 120 cm³/mol. The van der Waals surface area contributed by atoms with Crippen LogP contribution in [0.1, 0.15) is 29.3 Å². The number of carbonyl (C=O) groups excluding carboxylic acids is 2. The number of urea groups is 1. The van der Waals surface area contributed by atoms with Crippen molar-refractivity contribution in [3.63, 3.8) is 0 Å². The van der Waals surface area contributed by atoms with Crippen LogP contribution in [0, 0.1) is 0 Å². The third-order valence-electron chi connectivity index (χ3n) is 4.08. The number of hydrogen-bond acceptors (Lipinski definition) is 5. The Morgan fingerprint density at radius 2 is 1.63 bits per heavy atom. The fourth-order valence-corrected chi connectivity index (χ4v) is 3.51. The predicted octanol–water partition coefficient (Wildman–Crippen LogP) is 4.55. The molecule has 3 amide bonds. The maximum atomic E-state index is 12.8. The average Bonchev–Trinajstić information content (AvgIpc) is 2.78. The zero-order valence-corrected chi connectivity index (χ0v) is 17.4. The number of aromatic nitrogens is 2. The van der Waals surface area contributed by atoms with Crippen molar-refractivity contribution in [2.45, 2.75) is 24.1 Å². The number of benzene rings is 1. The van der Waals surface area contributed by atoms with Crippen molar-refractivity contribution in [2.24, 2.45) is 0 Å². The summed E-state index contributed by atoms with van der Waals surface area (Å²) in [5, 5.41) is 9.04. The van der Waals surface area contributed by atoms with Crippen molar-refractivity contribution in [2.75, 3.05) is 17.2 Å². The Hall–Kier alpha value is -3.39. The standard InChI is InChI=1S/C22H23N5O2S/c1-2-11-25-22(29)27-18-7-5-17(6-8-18)26-20(28)19-4-3-12-24-21(19)30-15-16-9-13-23-14-10-16/h3-10,12-14H,2,11,15H2,1H3,(H,26,28)(H2,25,27,29).